The summed E-state index contributed by atoms with van der Waals surface area (Å²) >= 11 is 0. The zero-order chi connectivity index (χ0) is 18.8. The maximum absolute atomic E-state index is 12.6. The van der Waals surface area contributed by atoms with Crippen molar-refractivity contribution in [3.05, 3.63) is 89.4 Å². The number of pyridine rings is 1. The van der Waals surface area contributed by atoms with Gasteiger partial charge in [0.05, 0.1) is 27.6 Å². The number of carbonyl (C=O) groups is 1. The SMILES string of the molecule is Cc1ccnc(S(=O)Cc2nc3ccc(C(=O)c4ccccc4)cc3[nH]2)c1. The van der Waals surface area contributed by atoms with Gasteiger partial charge in [-0.2, -0.15) is 0 Å². The lowest BCUT2D eigenvalue weighted by Crippen LogP contribution is -2.01. The molecule has 1 atom stereocenters. The van der Waals surface area contributed by atoms with Gasteiger partial charge in [0.25, 0.3) is 0 Å². The van der Waals surface area contributed by atoms with E-state index in [1.807, 2.05) is 37.3 Å². The third-order valence-corrected chi connectivity index (χ3v) is 5.45. The molecular weight excluding hydrogens is 358 g/mol. The number of aryl methyl sites for hydroxylation is 1. The molecule has 0 aliphatic rings. The number of nitrogens with one attached hydrogen (secondary N) is 1. The molecule has 27 heavy (non-hydrogen) atoms. The molecule has 2 aromatic carbocycles. The second-order valence-corrected chi connectivity index (χ2v) is 7.67. The molecule has 1 N–H and O–H groups in total. The minimum Gasteiger partial charge on any atom is -0.341 e. The summed E-state index contributed by atoms with van der Waals surface area (Å²) < 4.78 is 12.5. The molecule has 0 bridgehead atoms. The minimum atomic E-state index is -1.29. The van der Waals surface area contributed by atoms with Gasteiger partial charge < -0.3 is 4.98 Å². The number of aromatic nitrogens is 3. The van der Waals surface area contributed by atoms with Gasteiger partial charge in [0.1, 0.15) is 10.9 Å². The zero-order valence-electron chi connectivity index (χ0n) is 14.7. The summed E-state index contributed by atoms with van der Waals surface area (Å²) in [4.78, 5) is 24.4. The molecule has 0 spiro atoms. The molecule has 0 aliphatic carbocycles. The van der Waals surface area contributed by atoms with Gasteiger partial charge in [0.2, 0.25) is 0 Å². The van der Waals surface area contributed by atoms with Crippen LogP contribution in [0.4, 0.5) is 0 Å². The Morgan fingerprint density at radius 3 is 2.63 bits per heavy atom. The summed E-state index contributed by atoms with van der Waals surface area (Å²) in [5.74, 6) is 0.810. The van der Waals surface area contributed by atoms with Gasteiger partial charge in [0, 0.05) is 17.3 Å². The molecule has 5 nitrogen and oxygen atoms in total. The van der Waals surface area contributed by atoms with Crippen LogP contribution < -0.4 is 0 Å². The Morgan fingerprint density at radius 1 is 1.04 bits per heavy atom. The Balaban J connectivity index is 1.59. The van der Waals surface area contributed by atoms with E-state index in [4.69, 9.17) is 0 Å². The summed E-state index contributed by atoms with van der Waals surface area (Å²) in [6.07, 6.45) is 1.66. The molecule has 0 aliphatic heterocycles. The van der Waals surface area contributed by atoms with Gasteiger partial charge in [-0.05, 0) is 42.8 Å². The highest BCUT2D eigenvalue weighted by Gasteiger charge is 2.13. The van der Waals surface area contributed by atoms with Gasteiger partial charge in [-0.1, -0.05) is 30.3 Å². The number of rotatable bonds is 5. The van der Waals surface area contributed by atoms with Crippen LogP contribution in [-0.2, 0) is 16.6 Å². The molecular formula is C21H17N3O2S. The summed E-state index contributed by atoms with van der Waals surface area (Å²) in [5, 5.41) is 0.537. The average molecular weight is 375 g/mol. The third-order valence-electron chi connectivity index (χ3n) is 4.22. The fourth-order valence-electron chi connectivity index (χ4n) is 2.86. The lowest BCUT2D eigenvalue weighted by molar-refractivity contribution is 0.103. The highest BCUT2D eigenvalue weighted by atomic mass is 32.2. The maximum atomic E-state index is 12.6. The minimum absolute atomic E-state index is 0.0406. The molecule has 0 amide bonds. The van der Waals surface area contributed by atoms with Crippen LogP contribution in [0.2, 0.25) is 0 Å². The van der Waals surface area contributed by atoms with E-state index in [0.717, 1.165) is 16.6 Å². The van der Waals surface area contributed by atoms with Crippen LogP contribution in [0, 0.1) is 6.92 Å². The lowest BCUT2D eigenvalue weighted by atomic mass is 10.0. The Bertz CT molecular complexity index is 1150. The van der Waals surface area contributed by atoms with E-state index in [1.165, 1.54) is 0 Å². The van der Waals surface area contributed by atoms with Crippen molar-refractivity contribution in [2.45, 2.75) is 17.7 Å². The summed E-state index contributed by atoms with van der Waals surface area (Å²) in [7, 11) is -1.29. The van der Waals surface area contributed by atoms with E-state index in [2.05, 4.69) is 15.0 Å². The number of imidazole rings is 1. The molecule has 2 aromatic heterocycles. The predicted molar refractivity (Wildman–Crippen MR) is 105 cm³/mol. The van der Waals surface area contributed by atoms with Crippen molar-refractivity contribution in [1.82, 2.24) is 15.0 Å². The van der Waals surface area contributed by atoms with Crippen molar-refractivity contribution in [2.75, 3.05) is 0 Å². The fraction of sp³-hybridized carbons (Fsp3) is 0.0952. The van der Waals surface area contributed by atoms with Crippen LogP contribution in [0.3, 0.4) is 0 Å². The van der Waals surface area contributed by atoms with Gasteiger partial charge in [0.15, 0.2) is 5.78 Å². The molecule has 134 valence electrons. The standard InChI is InChI=1S/C21H17N3O2S/c1-14-9-10-22-20(11-14)27(26)13-19-23-17-8-7-16(12-18(17)24-19)21(25)15-5-3-2-4-6-15/h2-12H,13H2,1H3,(H,23,24). The number of nitrogens with zero attached hydrogens (tertiary/aromatic N) is 2. The van der Waals surface area contributed by atoms with E-state index < -0.39 is 10.8 Å². The second kappa shape index (κ2) is 7.25. The van der Waals surface area contributed by atoms with Gasteiger partial charge >= 0.3 is 0 Å². The van der Waals surface area contributed by atoms with Crippen molar-refractivity contribution >= 4 is 27.6 Å². The molecule has 1 unspecified atom stereocenters. The Labute approximate surface area is 159 Å². The summed E-state index contributed by atoms with van der Waals surface area (Å²) in [6.45, 7) is 1.94. The number of H-pyrrole nitrogens is 1. The first-order valence-corrected chi connectivity index (χ1v) is 9.81. The number of fused-ring (bicyclic) bond motifs is 1. The quantitative estimate of drug-likeness (QED) is 0.538. The normalized spacial score (nSPS) is 12.2. The van der Waals surface area contributed by atoms with Crippen LogP contribution >= 0.6 is 0 Å². The monoisotopic (exact) mass is 375 g/mol. The molecule has 0 saturated heterocycles. The number of carbonyl (C=O) groups excluding carboxylic acids is 1. The first-order chi connectivity index (χ1) is 13.1. The highest BCUT2D eigenvalue weighted by molar-refractivity contribution is 7.84. The molecule has 4 rings (SSSR count). The maximum Gasteiger partial charge on any atom is 0.193 e. The average Bonchev–Trinajstić information content (AvgIpc) is 3.09. The second-order valence-electron chi connectivity index (χ2n) is 6.27. The molecule has 6 heteroatoms. The smallest absolute Gasteiger partial charge is 0.193 e. The van der Waals surface area contributed by atoms with E-state index in [-0.39, 0.29) is 11.5 Å². The van der Waals surface area contributed by atoms with Crippen molar-refractivity contribution in [3.63, 3.8) is 0 Å². The molecule has 0 saturated carbocycles. The largest absolute Gasteiger partial charge is 0.341 e. The first kappa shape index (κ1) is 17.3. The van der Waals surface area contributed by atoms with E-state index in [9.17, 15) is 9.00 Å². The predicted octanol–water partition coefficient (Wildman–Crippen LogP) is 3.81. The lowest BCUT2D eigenvalue weighted by Gasteiger charge is -2.00. The fourth-order valence-corrected chi connectivity index (χ4v) is 3.89. The van der Waals surface area contributed by atoms with Crippen LogP contribution in [0.25, 0.3) is 11.0 Å². The number of hydrogen-bond donors (Lipinski definition) is 1. The Kier molecular flexibility index (Phi) is 4.64. The van der Waals surface area contributed by atoms with E-state index in [1.54, 1.807) is 36.5 Å². The highest BCUT2D eigenvalue weighted by Crippen LogP contribution is 2.18. The molecule has 0 radical (unpaired) electrons. The Morgan fingerprint density at radius 2 is 1.85 bits per heavy atom. The number of benzene rings is 2. The summed E-state index contributed by atoms with van der Waals surface area (Å²) in [6, 6.07) is 18.2. The summed E-state index contributed by atoms with van der Waals surface area (Å²) in [5.41, 5.74) is 3.74. The third kappa shape index (κ3) is 3.71. The number of ketones is 1. The van der Waals surface area contributed by atoms with Gasteiger partial charge in [-0.25, -0.2) is 9.97 Å². The zero-order valence-corrected chi connectivity index (χ0v) is 15.5. The Hall–Kier alpha value is -3.12. The van der Waals surface area contributed by atoms with Crippen molar-refractivity contribution in [2.24, 2.45) is 0 Å². The number of aromatic amines is 1. The molecule has 4 aromatic rings. The van der Waals surface area contributed by atoms with Gasteiger partial charge in [-0.3, -0.25) is 9.00 Å². The van der Waals surface area contributed by atoms with Crippen molar-refractivity contribution in [1.29, 1.82) is 0 Å². The molecule has 0 fully saturated rings. The van der Waals surface area contributed by atoms with Crippen LogP contribution in [0.5, 0.6) is 0 Å². The molecule has 2 heterocycles. The van der Waals surface area contributed by atoms with Crippen molar-refractivity contribution < 1.29 is 9.00 Å². The topological polar surface area (TPSA) is 75.7 Å². The van der Waals surface area contributed by atoms with E-state index in [0.29, 0.717) is 22.0 Å². The number of hydrogen-bond acceptors (Lipinski definition) is 4. The van der Waals surface area contributed by atoms with Crippen LogP contribution in [-0.4, -0.2) is 24.9 Å². The first-order valence-electron chi connectivity index (χ1n) is 8.49. The van der Waals surface area contributed by atoms with Gasteiger partial charge in [-0.15, -0.1) is 0 Å². The van der Waals surface area contributed by atoms with E-state index >= 15 is 0 Å². The van der Waals surface area contributed by atoms with Crippen molar-refractivity contribution in [3.8, 4) is 0 Å². The van der Waals surface area contributed by atoms with Crippen LogP contribution in [0.1, 0.15) is 27.3 Å². The van der Waals surface area contributed by atoms with Crippen LogP contribution in [0.15, 0.2) is 71.9 Å².